The second-order valence-corrected chi connectivity index (χ2v) is 9.33. The number of carbonyl (C=O) groups excluding carboxylic acids is 3. The van der Waals surface area contributed by atoms with Gasteiger partial charge in [-0.25, -0.2) is 5.48 Å². The van der Waals surface area contributed by atoms with E-state index < -0.39 is 12.0 Å². The Balaban J connectivity index is 1.55. The molecule has 38 heavy (non-hydrogen) atoms. The van der Waals surface area contributed by atoms with Crippen molar-refractivity contribution in [2.45, 2.75) is 57.5 Å². The number of carbonyl (C=O) groups is 3. The molecule has 0 spiro atoms. The zero-order valence-electron chi connectivity index (χ0n) is 21.5. The monoisotopic (exact) mass is 522 g/mol. The van der Waals surface area contributed by atoms with Crippen LogP contribution in [0.4, 0.5) is 11.4 Å². The van der Waals surface area contributed by atoms with Crippen molar-refractivity contribution < 1.29 is 29.1 Å². The maximum absolute atomic E-state index is 13.6. The highest BCUT2D eigenvalue weighted by molar-refractivity contribution is 6.15. The first-order chi connectivity index (χ1) is 18.5. The number of amides is 3. The third-order valence-corrected chi connectivity index (χ3v) is 6.67. The van der Waals surface area contributed by atoms with E-state index in [0.29, 0.717) is 55.0 Å². The molecule has 10 nitrogen and oxygen atoms in total. The quantitative estimate of drug-likeness (QED) is 0.175. The summed E-state index contributed by atoms with van der Waals surface area (Å²) in [5.74, 6) is -0.310. The molecule has 2 heterocycles. The number of hydrogen-bond donors (Lipinski definition) is 5. The summed E-state index contributed by atoms with van der Waals surface area (Å²) in [6.45, 7) is 0.405. The van der Waals surface area contributed by atoms with Crippen LogP contribution in [0, 0.1) is 0 Å². The van der Waals surface area contributed by atoms with Crippen molar-refractivity contribution in [3.8, 4) is 5.75 Å². The van der Waals surface area contributed by atoms with Crippen LogP contribution in [0.5, 0.6) is 5.75 Å². The normalized spacial score (nSPS) is 16.5. The molecule has 3 aromatic rings. The predicted octanol–water partition coefficient (Wildman–Crippen LogP) is 4.54. The smallest absolute Gasteiger partial charge is 0.258 e. The molecule has 0 fully saturated rings. The lowest BCUT2D eigenvalue weighted by Gasteiger charge is -2.20. The number of benzene rings is 2. The number of H-pyrrole nitrogens is 1. The Hall–Kier alpha value is -3.89. The summed E-state index contributed by atoms with van der Waals surface area (Å²) in [6.07, 6.45) is 4.21. The Kier molecular flexibility index (Phi) is 9.34. The molecule has 0 radical (unpaired) electrons. The predicted molar refractivity (Wildman–Crippen MR) is 144 cm³/mol. The molecule has 2 aromatic carbocycles. The van der Waals surface area contributed by atoms with Crippen LogP contribution in [-0.4, -0.2) is 47.7 Å². The number of aromatic amines is 1. The standard InChI is InChI=1S/C28H34N4O6/c1-37-18-14-15-20-19(17-18)26-23(29-20)11-7-8-16-38-24(12-3-2-4-13-25(33)32-36)27(34)30-21-9-5-6-10-22(21)31-28(26)35/h5-6,9-10,14-15,17,24,29,36H,2-4,7-8,11-13,16H2,1H3,(H,30,34)(H,31,35)(H,32,33). The van der Waals surface area contributed by atoms with Crippen LogP contribution >= 0.6 is 0 Å². The van der Waals surface area contributed by atoms with E-state index in [2.05, 4.69) is 15.6 Å². The number of hydroxylamine groups is 1. The number of hydrogen-bond acceptors (Lipinski definition) is 6. The average Bonchev–Trinajstić information content (AvgIpc) is 3.29. The van der Waals surface area contributed by atoms with Gasteiger partial charge in [0.25, 0.3) is 11.8 Å². The lowest BCUT2D eigenvalue weighted by atomic mass is 10.0. The molecule has 1 aliphatic heterocycles. The van der Waals surface area contributed by atoms with Gasteiger partial charge < -0.3 is 25.1 Å². The van der Waals surface area contributed by atoms with Crippen LogP contribution < -0.4 is 20.9 Å². The van der Waals surface area contributed by atoms with E-state index in [4.69, 9.17) is 14.7 Å². The minimum Gasteiger partial charge on any atom is -0.497 e. The first-order valence-corrected chi connectivity index (χ1v) is 12.9. The number of para-hydroxylation sites is 2. The van der Waals surface area contributed by atoms with E-state index in [0.717, 1.165) is 35.9 Å². The molecular weight excluding hydrogens is 488 g/mol. The van der Waals surface area contributed by atoms with E-state index in [1.54, 1.807) is 36.9 Å². The zero-order valence-corrected chi connectivity index (χ0v) is 21.5. The van der Waals surface area contributed by atoms with Crippen LogP contribution in [0.25, 0.3) is 10.9 Å². The van der Waals surface area contributed by atoms with Crippen molar-refractivity contribution in [1.82, 2.24) is 10.5 Å². The van der Waals surface area contributed by atoms with Crippen molar-refractivity contribution in [2.24, 2.45) is 0 Å². The van der Waals surface area contributed by atoms with E-state index >= 15 is 0 Å². The van der Waals surface area contributed by atoms with Crippen molar-refractivity contribution in [3.63, 3.8) is 0 Å². The largest absolute Gasteiger partial charge is 0.497 e. The Bertz CT molecular complexity index is 1290. The second-order valence-electron chi connectivity index (χ2n) is 9.33. The summed E-state index contributed by atoms with van der Waals surface area (Å²) >= 11 is 0. The highest BCUT2D eigenvalue weighted by Gasteiger charge is 2.23. The van der Waals surface area contributed by atoms with Gasteiger partial charge in [-0.1, -0.05) is 25.0 Å². The summed E-state index contributed by atoms with van der Waals surface area (Å²) < 4.78 is 11.4. The van der Waals surface area contributed by atoms with Gasteiger partial charge in [0, 0.05) is 29.6 Å². The number of aromatic nitrogens is 1. The minimum absolute atomic E-state index is 0.226. The van der Waals surface area contributed by atoms with Gasteiger partial charge in [-0.2, -0.15) is 0 Å². The Labute approximate surface area is 221 Å². The molecule has 1 atom stereocenters. The molecule has 0 saturated carbocycles. The minimum atomic E-state index is -0.663. The number of ether oxygens (including phenoxy) is 2. The number of unbranched alkanes of at least 4 members (excludes halogenated alkanes) is 2. The molecular formula is C28H34N4O6. The average molecular weight is 523 g/mol. The molecule has 5 N–H and O–H groups in total. The molecule has 10 heteroatoms. The lowest BCUT2D eigenvalue weighted by molar-refractivity contribution is -0.129. The van der Waals surface area contributed by atoms with Crippen LogP contribution in [0.1, 0.15) is 61.0 Å². The van der Waals surface area contributed by atoms with Gasteiger partial charge in [-0.15, -0.1) is 0 Å². The number of anilines is 2. The number of rotatable bonds is 7. The summed E-state index contributed by atoms with van der Waals surface area (Å²) in [6, 6.07) is 12.7. The van der Waals surface area contributed by atoms with Gasteiger partial charge in [0.05, 0.1) is 24.0 Å². The number of methoxy groups -OCH3 is 1. The Morgan fingerprint density at radius 2 is 1.87 bits per heavy atom. The fraction of sp³-hybridized carbons (Fsp3) is 0.393. The van der Waals surface area contributed by atoms with Crippen LogP contribution in [0.15, 0.2) is 42.5 Å². The van der Waals surface area contributed by atoms with Crippen molar-refractivity contribution in [1.29, 1.82) is 0 Å². The summed E-state index contributed by atoms with van der Waals surface area (Å²) in [5.41, 5.74) is 4.85. The van der Waals surface area contributed by atoms with E-state index in [1.807, 2.05) is 18.2 Å². The molecule has 0 bridgehead atoms. The van der Waals surface area contributed by atoms with Gasteiger partial charge >= 0.3 is 0 Å². The molecule has 3 amide bonds. The number of aryl methyl sites for hydroxylation is 1. The fourth-order valence-corrected chi connectivity index (χ4v) is 4.67. The number of nitrogens with one attached hydrogen (secondary N) is 4. The Morgan fingerprint density at radius 3 is 2.63 bits per heavy atom. The highest BCUT2D eigenvalue weighted by atomic mass is 16.5. The molecule has 0 saturated heterocycles. The van der Waals surface area contributed by atoms with Gasteiger partial charge in [0.15, 0.2) is 0 Å². The zero-order chi connectivity index (χ0) is 26.9. The topological polar surface area (TPSA) is 142 Å². The second kappa shape index (κ2) is 13.1. The molecule has 4 rings (SSSR count). The van der Waals surface area contributed by atoms with Gasteiger partial charge in [0.2, 0.25) is 5.91 Å². The molecule has 0 aliphatic carbocycles. The Morgan fingerprint density at radius 1 is 1.08 bits per heavy atom. The van der Waals surface area contributed by atoms with E-state index in [1.165, 1.54) is 0 Å². The maximum Gasteiger partial charge on any atom is 0.258 e. The van der Waals surface area contributed by atoms with E-state index in [9.17, 15) is 14.4 Å². The number of fused-ring (bicyclic) bond motifs is 4. The fourth-order valence-electron chi connectivity index (χ4n) is 4.67. The molecule has 202 valence electrons. The molecule has 1 unspecified atom stereocenters. The van der Waals surface area contributed by atoms with Crippen LogP contribution in [0.3, 0.4) is 0 Å². The lowest BCUT2D eigenvalue weighted by Crippen LogP contribution is -2.31. The SMILES string of the molecule is COc1ccc2[nH]c3c(c2c1)C(=O)Nc1ccccc1NC(=O)C(CCCCCC(=O)NO)OCCCC3. The summed E-state index contributed by atoms with van der Waals surface area (Å²) in [7, 11) is 1.59. The first kappa shape index (κ1) is 27.2. The summed E-state index contributed by atoms with van der Waals surface area (Å²) in [5, 5.41) is 15.3. The van der Waals surface area contributed by atoms with Gasteiger partial charge in [0.1, 0.15) is 11.9 Å². The third kappa shape index (κ3) is 6.70. The van der Waals surface area contributed by atoms with Crippen LogP contribution in [0.2, 0.25) is 0 Å². The first-order valence-electron chi connectivity index (χ1n) is 12.9. The highest BCUT2D eigenvalue weighted by Crippen LogP contribution is 2.30. The van der Waals surface area contributed by atoms with Gasteiger partial charge in [-0.3, -0.25) is 19.6 Å². The van der Waals surface area contributed by atoms with Crippen molar-refractivity contribution in [3.05, 3.63) is 53.7 Å². The van der Waals surface area contributed by atoms with Crippen LogP contribution in [-0.2, 0) is 20.7 Å². The summed E-state index contributed by atoms with van der Waals surface area (Å²) in [4.78, 5) is 41.4. The third-order valence-electron chi connectivity index (χ3n) is 6.67. The molecule has 1 aromatic heterocycles. The maximum atomic E-state index is 13.6. The van der Waals surface area contributed by atoms with E-state index in [-0.39, 0.29) is 18.2 Å². The van der Waals surface area contributed by atoms with Gasteiger partial charge in [-0.05, 0) is 62.4 Å². The molecule has 1 aliphatic rings. The van der Waals surface area contributed by atoms with Crippen molar-refractivity contribution in [2.75, 3.05) is 24.4 Å². The van der Waals surface area contributed by atoms with Crippen molar-refractivity contribution >= 4 is 40.0 Å².